The van der Waals surface area contributed by atoms with Gasteiger partial charge >= 0.3 is 0 Å². The van der Waals surface area contributed by atoms with Gasteiger partial charge < -0.3 is 4.79 Å². The van der Waals surface area contributed by atoms with Gasteiger partial charge in [0.25, 0.3) is 0 Å². The summed E-state index contributed by atoms with van der Waals surface area (Å²) in [6.45, 7) is 1.44. The maximum Gasteiger partial charge on any atom is 0.170 e. The quantitative estimate of drug-likeness (QED) is 0.543. The minimum absolute atomic E-state index is 0.0273. The van der Waals surface area contributed by atoms with E-state index in [1.165, 1.54) is 6.92 Å². The summed E-state index contributed by atoms with van der Waals surface area (Å²) in [5.41, 5.74) is 0.540. The maximum absolute atomic E-state index is 11.6. The first-order valence-electron chi connectivity index (χ1n) is 5.19. The van der Waals surface area contributed by atoms with Gasteiger partial charge in [-0.25, -0.2) is 0 Å². The molecule has 84 valence electrons. The van der Waals surface area contributed by atoms with Crippen molar-refractivity contribution in [3.63, 3.8) is 0 Å². The van der Waals surface area contributed by atoms with Gasteiger partial charge in [-0.1, -0.05) is 30.3 Å². The lowest BCUT2D eigenvalue weighted by Gasteiger charge is -1.99. The summed E-state index contributed by atoms with van der Waals surface area (Å²) in [6, 6.07) is 8.69. The molecule has 0 N–H and O–H groups in total. The smallest absolute Gasteiger partial charge is 0.170 e. The fourth-order valence-corrected chi connectivity index (χ4v) is 1.31. The summed E-state index contributed by atoms with van der Waals surface area (Å²) in [6.07, 6.45) is 0.270. The summed E-state index contributed by atoms with van der Waals surface area (Å²) in [5, 5.41) is 0. The number of ketones is 3. The number of hydrogen-bond acceptors (Lipinski definition) is 3. The fourth-order valence-electron chi connectivity index (χ4n) is 1.31. The van der Waals surface area contributed by atoms with Crippen molar-refractivity contribution in [3.8, 4) is 0 Å². The third-order valence-electron chi connectivity index (χ3n) is 2.21. The topological polar surface area (TPSA) is 51.2 Å². The van der Waals surface area contributed by atoms with Gasteiger partial charge in [0.1, 0.15) is 11.6 Å². The SMILES string of the molecule is CC(=O)CCC(=O)CC(=O)c1ccccc1. The summed E-state index contributed by atoms with van der Waals surface area (Å²) in [4.78, 5) is 33.6. The zero-order valence-corrected chi connectivity index (χ0v) is 9.23. The average molecular weight is 218 g/mol. The zero-order chi connectivity index (χ0) is 12.0. The summed E-state index contributed by atoms with van der Waals surface area (Å²) < 4.78 is 0. The van der Waals surface area contributed by atoms with Crippen LogP contribution in [0.15, 0.2) is 30.3 Å². The van der Waals surface area contributed by atoms with Crippen molar-refractivity contribution in [3.05, 3.63) is 35.9 Å². The Kier molecular flexibility index (Phi) is 4.58. The van der Waals surface area contributed by atoms with Crippen molar-refractivity contribution in [2.75, 3.05) is 0 Å². The van der Waals surface area contributed by atoms with E-state index < -0.39 is 0 Å². The highest BCUT2D eigenvalue weighted by Crippen LogP contribution is 2.05. The maximum atomic E-state index is 11.6. The zero-order valence-electron chi connectivity index (χ0n) is 9.23. The van der Waals surface area contributed by atoms with E-state index in [2.05, 4.69) is 0 Å². The highest BCUT2D eigenvalue weighted by Gasteiger charge is 2.11. The molecule has 0 atom stereocenters. The molecule has 0 bridgehead atoms. The molecule has 16 heavy (non-hydrogen) atoms. The standard InChI is InChI=1S/C13H14O3/c1-10(14)7-8-12(15)9-13(16)11-5-3-2-4-6-11/h2-6H,7-9H2,1H3. The van der Waals surface area contributed by atoms with Crippen LogP contribution in [0.4, 0.5) is 0 Å². The van der Waals surface area contributed by atoms with Gasteiger partial charge in [0.05, 0.1) is 6.42 Å². The molecule has 0 radical (unpaired) electrons. The van der Waals surface area contributed by atoms with Crippen molar-refractivity contribution >= 4 is 17.3 Å². The molecule has 3 nitrogen and oxygen atoms in total. The first kappa shape index (κ1) is 12.3. The van der Waals surface area contributed by atoms with E-state index >= 15 is 0 Å². The number of carbonyl (C=O) groups is 3. The van der Waals surface area contributed by atoms with E-state index in [0.29, 0.717) is 5.56 Å². The Morgan fingerprint density at radius 2 is 1.62 bits per heavy atom. The normalized spacial score (nSPS) is 9.81. The van der Waals surface area contributed by atoms with Gasteiger partial charge in [-0.05, 0) is 6.92 Å². The minimum atomic E-state index is -0.186. The third kappa shape index (κ3) is 4.17. The van der Waals surface area contributed by atoms with Gasteiger partial charge in [0.15, 0.2) is 5.78 Å². The Balaban J connectivity index is 2.46. The minimum Gasteiger partial charge on any atom is -0.300 e. The molecule has 1 aromatic rings. The monoisotopic (exact) mass is 218 g/mol. The lowest BCUT2D eigenvalue weighted by molar-refractivity contribution is -0.122. The van der Waals surface area contributed by atoms with E-state index in [1.807, 2.05) is 6.07 Å². The Bertz CT molecular complexity index is 393. The highest BCUT2D eigenvalue weighted by molar-refractivity contribution is 6.08. The molecule has 0 aliphatic heterocycles. The van der Waals surface area contributed by atoms with Crippen LogP contribution in [0.3, 0.4) is 0 Å². The number of benzene rings is 1. The van der Waals surface area contributed by atoms with Gasteiger partial charge in [0.2, 0.25) is 0 Å². The second-order valence-electron chi connectivity index (χ2n) is 3.71. The van der Waals surface area contributed by atoms with Crippen molar-refractivity contribution in [2.45, 2.75) is 26.2 Å². The largest absolute Gasteiger partial charge is 0.300 e. The molecular formula is C13H14O3. The second-order valence-corrected chi connectivity index (χ2v) is 3.71. The molecule has 0 unspecified atom stereocenters. The van der Waals surface area contributed by atoms with Crippen LogP contribution in [-0.4, -0.2) is 17.3 Å². The third-order valence-corrected chi connectivity index (χ3v) is 2.21. The van der Waals surface area contributed by atoms with E-state index in [1.54, 1.807) is 24.3 Å². The molecule has 0 fully saturated rings. The molecule has 0 amide bonds. The molecule has 0 saturated carbocycles. The number of Topliss-reactive ketones (excluding diaryl/α,β-unsaturated/α-hetero) is 3. The molecule has 1 rings (SSSR count). The van der Waals surface area contributed by atoms with Crippen LogP contribution in [-0.2, 0) is 9.59 Å². The van der Waals surface area contributed by atoms with E-state index in [-0.39, 0.29) is 36.6 Å². The lowest BCUT2D eigenvalue weighted by atomic mass is 10.0. The van der Waals surface area contributed by atoms with Crippen LogP contribution in [0, 0.1) is 0 Å². The molecule has 0 saturated heterocycles. The molecule has 0 aliphatic rings. The van der Waals surface area contributed by atoms with Crippen molar-refractivity contribution in [2.24, 2.45) is 0 Å². The molecule has 0 heterocycles. The predicted octanol–water partition coefficient (Wildman–Crippen LogP) is 2.20. The van der Waals surface area contributed by atoms with Crippen LogP contribution in [0.25, 0.3) is 0 Å². The molecular weight excluding hydrogens is 204 g/mol. The highest BCUT2D eigenvalue weighted by atomic mass is 16.1. The Morgan fingerprint density at radius 3 is 2.19 bits per heavy atom. The molecule has 0 aliphatic carbocycles. The van der Waals surface area contributed by atoms with Crippen LogP contribution in [0.2, 0.25) is 0 Å². The summed E-state index contributed by atoms with van der Waals surface area (Å²) in [5.74, 6) is -0.390. The number of carbonyl (C=O) groups excluding carboxylic acids is 3. The van der Waals surface area contributed by atoms with Crippen molar-refractivity contribution in [1.29, 1.82) is 0 Å². The lowest BCUT2D eigenvalue weighted by Crippen LogP contribution is -2.09. The number of hydrogen-bond donors (Lipinski definition) is 0. The van der Waals surface area contributed by atoms with Crippen LogP contribution in [0.5, 0.6) is 0 Å². The van der Waals surface area contributed by atoms with Crippen LogP contribution >= 0.6 is 0 Å². The molecule has 3 heteroatoms. The van der Waals surface area contributed by atoms with Crippen LogP contribution < -0.4 is 0 Å². The van der Waals surface area contributed by atoms with Crippen molar-refractivity contribution in [1.82, 2.24) is 0 Å². The van der Waals surface area contributed by atoms with Gasteiger partial charge in [-0.3, -0.25) is 9.59 Å². The predicted molar refractivity (Wildman–Crippen MR) is 60.3 cm³/mol. The first-order valence-corrected chi connectivity index (χ1v) is 5.19. The number of rotatable bonds is 6. The average Bonchev–Trinajstić information content (AvgIpc) is 2.27. The Hall–Kier alpha value is -1.77. The fraction of sp³-hybridized carbons (Fsp3) is 0.308. The van der Waals surface area contributed by atoms with E-state index in [0.717, 1.165) is 0 Å². The van der Waals surface area contributed by atoms with Gasteiger partial charge in [-0.15, -0.1) is 0 Å². The second kappa shape index (κ2) is 5.95. The molecule has 0 spiro atoms. The summed E-state index contributed by atoms with van der Waals surface area (Å²) >= 11 is 0. The van der Waals surface area contributed by atoms with Crippen molar-refractivity contribution < 1.29 is 14.4 Å². The first-order chi connectivity index (χ1) is 7.59. The summed E-state index contributed by atoms with van der Waals surface area (Å²) in [7, 11) is 0. The molecule has 0 aromatic heterocycles. The van der Waals surface area contributed by atoms with E-state index in [9.17, 15) is 14.4 Å². The van der Waals surface area contributed by atoms with Gasteiger partial charge in [0, 0.05) is 18.4 Å². The van der Waals surface area contributed by atoms with Crippen LogP contribution in [0.1, 0.15) is 36.5 Å². The Labute approximate surface area is 94.5 Å². The van der Waals surface area contributed by atoms with Gasteiger partial charge in [-0.2, -0.15) is 0 Å². The Morgan fingerprint density at radius 1 is 1.00 bits per heavy atom. The molecule has 1 aromatic carbocycles. The van der Waals surface area contributed by atoms with E-state index in [4.69, 9.17) is 0 Å².